The standard InChI is InChI=1S/C22H27ClN2O3S/c1-29(26,27)25-13-14-28-19-8-3-16-9-12-24-21(20(16)15-19)22(10-2-11-22)17-4-6-18(23)7-5-17/h3-8,15,21,24-25H,2,9-14H2,1H3. The first-order valence-electron chi connectivity index (χ1n) is 10.1. The number of rotatable bonds is 7. The zero-order valence-corrected chi connectivity index (χ0v) is 18.2. The molecule has 2 aromatic rings. The average molecular weight is 435 g/mol. The normalized spacial score (nSPS) is 20.6. The van der Waals surface area contributed by atoms with Gasteiger partial charge in [0, 0.05) is 23.0 Å². The molecule has 1 atom stereocenters. The zero-order valence-electron chi connectivity index (χ0n) is 16.6. The topological polar surface area (TPSA) is 67.4 Å². The van der Waals surface area contributed by atoms with Gasteiger partial charge in [-0.3, -0.25) is 0 Å². The number of ether oxygens (including phenoxy) is 1. The van der Waals surface area contributed by atoms with Crippen molar-refractivity contribution in [2.45, 2.75) is 37.1 Å². The van der Waals surface area contributed by atoms with Crippen molar-refractivity contribution in [2.75, 3.05) is 26.0 Å². The molecule has 0 bridgehead atoms. The molecule has 0 spiro atoms. The van der Waals surface area contributed by atoms with Crippen LogP contribution in [0, 0.1) is 0 Å². The van der Waals surface area contributed by atoms with E-state index in [0.717, 1.165) is 42.8 Å². The Labute approximate surface area is 177 Å². The van der Waals surface area contributed by atoms with E-state index in [1.165, 1.54) is 23.1 Å². The number of sulfonamides is 1. The second kappa shape index (κ2) is 8.26. The molecule has 1 aliphatic heterocycles. The Morgan fingerprint density at radius 3 is 2.62 bits per heavy atom. The van der Waals surface area contributed by atoms with Crippen LogP contribution in [0.15, 0.2) is 42.5 Å². The number of fused-ring (bicyclic) bond motifs is 1. The fourth-order valence-electron chi connectivity index (χ4n) is 4.59. The van der Waals surface area contributed by atoms with E-state index in [1.54, 1.807) is 0 Å². The van der Waals surface area contributed by atoms with Gasteiger partial charge in [0.25, 0.3) is 0 Å². The molecule has 2 aromatic carbocycles. The van der Waals surface area contributed by atoms with E-state index in [9.17, 15) is 8.42 Å². The van der Waals surface area contributed by atoms with Crippen LogP contribution in [0.25, 0.3) is 0 Å². The maximum Gasteiger partial charge on any atom is 0.208 e. The third kappa shape index (κ3) is 4.45. The molecule has 4 rings (SSSR count). The molecule has 0 radical (unpaired) electrons. The molecule has 0 saturated heterocycles. The maximum atomic E-state index is 11.2. The molecule has 29 heavy (non-hydrogen) atoms. The number of hydrogen-bond acceptors (Lipinski definition) is 4. The molecule has 5 nitrogen and oxygen atoms in total. The second-order valence-electron chi connectivity index (χ2n) is 8.03. The van der Waals surface area contributed by atoms with Crippen LogP contribution >= 0.6 is 11.6 Å². The molecule has 0 amide bonds. The lowest BCUT2D eigenvalue weighted by Crippen LogP contribution is -2.49. The highest BCUT2D eigenvalue weighted by Gasteiger charge is 2.47. The number of hydrogen-bond donors (Lipinski definition) is 2. The van der Waals surface area contributed by atoms with Gasteiger partial charge < -0.3 is 10.1 Å². The summed E-state index contributed by atoms with van der Waals surface area (Å²) in [5.41, 5.74) is 4.06. The van der Waals surface area contributed by atoms with Gasteiger partial charge in [0.1, 0.15) is 12.4 Å². The Morgan fingerprint density at radius 2 is 1.97 bits per heavy atom. The van der Waals surface area contributed by atoms with Crippen molar-refractivity contribution in [3.8, 4) is 5.75 Å². The van der Waals surface area contributed by atoms with Gasteiger partial charge in [0.05, 0.1) is 6.26 Å². The fraction of sp³-hybridized carbons (Fsp3) is 0.455. The van der Waals surface area contributed by atoms with Crippen LogP contribution in [0.5, 0.6) is 5.75 Å². The van der Waals surface area contributed by atoms with Gasteiger partial charge in [0.2, 0.25) is 10.0 Å². The summed E-state index contributed by atoms with van der Waals surface area (Å²) >= 11 is 6.12. The third-order valence-electron chi connectivity index (χ3n) is 6.12. The molecular formula is C22H27ClN2O3S. The first-order valence-corrected chi connectivity index (χ1v) is 12.3. The maximum absolute atomic E-state index is 11.2. The molecule has 7 heteroatoms. The van der Waals surface area contributed by atoms with E-state index in [4.69, 9.17) is 16.3 Å². The van der Waals surface area contributed by atoms with E-state index in [-0.39, 0.29) is 18.0 Å². The van der Waals surface area contributed by atoms with Gasteiger partial charge in [-0.25, -0.2) is 13.1 Å². The van der Waals surface area contributed by atoms with E-state index >= 15 is 0 Å². The highest BCUT2D eigenvalue weighted by molar-refractivity contribution is 7.88. The quantitative estimate of drug-likeness (QED) is 0.653. The second-order valence-corrected chi connectivity index (χ2v) is 10.3. The fourth-order valence-corrected chi connectivity index (χ4v) is 5.17. The molecule has 1 fully saturated rings. The first kappa shape index (κ1) is 20.7. The summed E-state index contributed by atoms with van der Waals surface area (Å²) in [6.45, 7) is 1.52. The van der Waals surface area contributed by atoms with E-state index < -0.39 is 10.0 Å². The summed E-state index contributed by atoms with van der Waals surface area (Å²) in [6.07, 6.45) is 5.67. The Kier molecular flexibility index (Phi) is 5.89. The summed E-state index contributed by atoms with van der Waals surface area (Å²) in [5.74, 6) is 0.776. The van der Waals surface area contributed by atoms with Gasteiger partial charge in [-0.05, 0) is 66.8 Å². The molecule has 0 aromatic heterocycles. The van der Waals surface area contributed by atoms with Crippen LogP contribution in [0.2, 0.25) is 5.02 Å². The smallest absolute Gasteiger partial charge is 0.208 e. The van der Waals surface area contributed by atoms with Crippen molar-refractivity contribution in [2.24, 2.45) is 0 Å². The number of nitrogens with one attached hydrogen (secondary N) is 2. The lowest BCUT2D eigenvalue weighted by molar-refractivity contribution is 0.164. The molecular weight excluding hydrogens is 408 g/mol. The molecule has 1 unspecified atom stereocenters. The summed E-state index contributed by atoms with van der Waals surface area (Å²) in [7, 11) is -3.20. The number of benzene rings is 2. The summed E-state index contributed by atoms with van der Waals surface area (Å²) in [4.78, 5) is 0. The number of halogens is 1. The van der Waals surface area contributed by atoms with Gasteiger partial charge in [-0.2, -0.15) is 0 Å². The minimum absolute atomic E-state index is 0.0796. The minimum Gasteiger partial charge on any atom is -0.492 e. The molecule has 1 heterocycles. The van der Waals surface area contributed by atoms with Crippen molar-refractivity contribution in [3.05, 3.63) is 64.2 Å². The third-order valence-corrected chi connectivity index (χ3v) is 7.10. The molecule has 2 N–H and O–H groups in total. The highest BCUT2D eigenvalue weighted by atomic mass is 35.5. The van der Waals surface area contributed by atoms with Crippen LogP contribution in [0.4, 0.5) is 0 Å². The van der Waals surface area contributed by atoms with Crippen molar-refractivity contribution < 1.29 is 13.2 Å². The SMILES string of the molecule is CS(=O)(=O)NCCOc1ccc2c(c1)C(C1(c3ccc(Cl)cc3)CCC1)NCC2. The van der Waals surface area contributed by atoms with Crippen LogP contribution in [0.3, 0.4) is 0 Å². The lowest BCUT2D eigenvalue weighted by atomic mass is 9.58. The predicted octanol–water partition coefficient (Wildman–Crippen LogP) is 3.58. The Bertz CT molecular complexity index is 972. The van der Waals surface area contributed by atoms with Crippen LogP contribution in [-0.2, 0) is 21.9 Å². The van der Waals surface area contributed by atoms with E-state index in [1.807, 2.05) is 18.2 Å². The van der Waals surface area contributed by atoms with Crippen LogP contribution < -0.4 is 14.8 Å². The Morgan fingerprint density at radius 1 is 1.21 bits per heavy atom. The Hall–Kier alpha value is -1.60. The highest BCUT2D eigenvalue weighted by Crippen LogP contribution is 2.53. The molecule has 1 aliphatic carbocycles. The van der Waals surface area contributed by atoms with E-state index in [0.29, 0.717) is 6.61 Å². The van der Waals surface area contributed by atoms with Crippen molar-refractivity contribution in [1.29, 1.82) is 0 Å². The van der Waals surface area contributed by atoms with Crippen molar-refractivity contribution in [3.63, 3.8) is 0 Å². The van der Waals surface area contributed by atoms with E-state index in [2.05, 4.69) is 34.3 Å². The average Bonchev–Trinajstić information content (AvgIpc) is 2.65. The summed E-state index contributed by atoms with van der Waals surface area (Å²) in [5, 5.41) is 4.53. The summed E-state index contributed by atoms with van der Waals surface area (Å²) < 4.78 is 30.7. The van der Waals surface area contributed by atoms with Gasteiger partial charge >= 0.3 is 0 Å². The van der Waals surface area contributed by atoms with Crippen molar-refractivity contribution >= 4 is 21.6 Å². The monoisotopic (exact) mass is 434 g/mol. The minimum atomic E-state index is -3.20. The molecule has 2 aliphatic rings. The molecule has 1 saturated carbocycles. The van der Waals surface area contributed by atoms with Gasteiger partial charge in [-0.1, -0.05) is 36.2 Å². The van der Waals surface area contributed by atoms with Crippen LogP contribution in [-0.4, -0.2) is 34.4 Å². The molecule has 156 valence electrons. The van der Waals surface area contributed by atoms with Crippen molar-refractivity contribution in [1.82, 2.24) is 10.0 Å². The van der Waals surface area contributed by atoms with Crippen LogP contribution in [0.1, 0.15) is 42.0 Å². The Balaban J connectivity index is 1.57. The zero-order chi connectivity index (χ0) is 20.5. The first-order chi connectivity index (χ1) is 13.9. The van der Waals surface area contributed by atoms with Gasteiger partial charge in [0.15, 0.2) is 0 Å². The summed E-state index contributed by atoms with van der Waals surface area (Å²) in [6, 6.07) is 14.8. The van der Waals surface area contributed by atoms with Gasteiger partial charge in [-0.15, -0.1) is 0 Å². The largest absolute Gasteiger partial charge is 0.492 e. The lowest BCUT2D eigenvalue weighted by Gasteiger charge is -2.50. The predicted molar refractivity (Wildman–Crippen MR) is 116 cm³/mol.